The quantitative estimate of drug-likeness (QED) is 0.795. The van der Waals surface area contributed by atoms with Crippen LogP contribution in [0.2, 0.25) is 0 Å². The third-order valence-electron chi connectivity index (χ3n) is 3.98. The SMILES string of the molecule is Cc1ccnc(Oc2ccc(-c3c(C)n[nH]c(=O)c3C)c(C)c2)c1. The number of hydrogen-bond acceptors (Lipinski definition) is 4. The number of aromatic amines is 1. The Bertz CT molecular complexity index is 961. The zero-order valence-corrected chi connectivity index (χ0v) is 14.2. The van der Waals surface area contributed by atoms with Crippen LogP contribution in [0.5, 0.6) is 11.6 Å². The van der Waals surface area contributed by atoms with Crippen LogP contribution < -0.4 is 10.3 Å². The summed E-state index contributed by atoms with van der Waals surface area (Å²) >= 11 is 0. The van der Waals surface area contributed by atoms with Crippen LogP contribution in [-0.2, 0) is 0 Å². The molecule has 0 saturated carbocycles. The Labute approximate surface area is 140 Å². The monoisotopic (exact) mass is 321 g/mol. The maximum absolute atomic E-state index is 11.9. The number of nitrogens with zero attached hydrogens (tertiary/aromatic N) is 2. The second kappa shape index (κ2) is 6.28. The van der Waals surface area contributed by atoms with E-state index >= 15 is 0 Å². The van der Waals surface area contributed by atoms with E-state index in [4.69, 9.17) is 4.74 Å². The lowest BCUT2D eigenvalue weighted by Crippen LogP contribution is -2.14. The Hall–Kier alpha value is -2.95. The smallest absolute Gasteiger partial charge is 0.267 e. The minimum Gasteiger partial charge on any atom is -0.439 e. The normalized spacial score (nSPS) is 10.7. The molecule has 1 aromatic carbocycles. The van der Waals surface area contributed by atoms with Crippen molar-refractivity contribution in [3.63, 3.8) is 0 Å². The van der Waals surface area contributed by atoms with E-state index in [9.17, 15) is 4.79 Å². The molecule has 0 amide bonds. The molecular formula is C19H19N3O2. The first-order chi connectivity index (χ1) is 11.5. The molecule has 24 heavy (non-hydrogen) atoms. The van der Waals surface area contributed by atoms with E-state index < -0.39 is 0 Å². The van der Waals surface area contributed by atoms with Crippen LogP contribution in [0.15, 0.2) is 41.3 Å². The fourth-order valence-corrected chi connectivity index (χ4v) is 2.72. The maximum Gasteiger partial charge on any atom is 0.267 e. The lowest BCUT2D eigenvalue weighted by molar-refractivity contribution is 0.462. The highest BCUT2D eigenvalue weighted by Crippen LogP contribution is 2.31. The van der Waals surface area contributed by atoms with Gasteiger partial charge in [0.2, 0.25) is 5.88 Å². The summed E-state index contributed by atoms with van der Waals surface area (Å²) < 4.78 is 5.82. The molecule has 122 valence electrons. The van der Waals surface area contributed by atoms with Crippen LogP contribution in [0.4, 0.5) is 0 Å². The highest BCUT2D eigenvalue weighted by Gasteiger charge is 2.13. The van der Waals surface area contributed by atoms with Gasteiger partial charge in [-0.3, -0.25) is 4.79 Å². The first-order valence-electron chi connectivity index (χ1n) is 7.73. The van der Waals surface area contributed by atoms with Gasteiger partial charge in [-0.25, -0.2) is 10.1 Å². The van der Waals surface area contributed by atoms with E-state index in [0.29, 0.717) is 17.2 Å². The summed E-state index contributed by atoms with van der Waals surface area (Å²) in [6.45, 7) is 7.68. The second-order valence-corrected chi connectivity index (χ2v) is 5.89. The van der Waals surface area contributed by atoms with Crippen molar-refractivity contribution >= 4 is 0 Å². The van der Waals surface area contributed by atoms with E-state index in [1.807, 2.05) is 58.0 Å². The van der Waals surface area contributed by atoms with Crippen molar-refractivity contribution in [2.75, 3.05) is 0 Å². The maximum atomic E-state index is 11.9. The number of benzene rings is 1. The van der Waals surface area contributed by atoms with Crippen LogP contribution in [0.3, 0.4) is 0 Å². The van der Waals surface area contributed by atoms with Crippen molar-refractivity contribution in [1.29, 1.82) is 0 Å². The number of nitrogens with one attached hydrogen (secondary N) is 1. The fourth-order valence-electron chi connectivity index (χ4n) is 2.72. The average Bonchev–Trinajstić information content (AvgIpc) is 2.53. The third kappa shape index (κ3) is 3.06. The highest BCUT2D eigenvalue weighted by atomic mass is 16.5. The molecule has 0 aliphatic carbocycles. The van der Waals surface area contributed by atoms with E-state index in [0.717, 1.165) is 27.9 Å². The van der Waals surface area contributed by atoms with Gasteiger partial charge >= 0.3 is 0 Å². The summed E-state index contributed by atoms with van der Waals surface area (Å²) in [6, 6.07) is 9.59. The summed E-state index contributed by atoms with van der Waals surface area (Å²) in [5, 5.41) is 6.59. The van der Waals surface area contributed by atoms with Gasteiger partial charge in [-0.05, 0) is 62.6 Å². The summed E-state index contributed by atoms with van der Waals surface area (Å²) in [5.74, 6) is 1.27. The summed E-state index contributed by atoms with van der Waals surface area (Å²) in [4.78, 5) is 16.1. The minimum atomic E-state index is -0.167. The van der Waals surface area contributed by atoms with Gasteiger partial charge in [0.1, 0.15) is 5.75 Å². The number of pyridine rings is 1. The standard InChI is InChI=1S/C19H19N3O2/c1-11-7-8-20-17(9-11)24-15-5-6-16(12(2)10-15)18-13(3)19(23)22-21-14(18)4/h5-10H,1-4H3,(H,22,23). The molecule has 0 radical (unpaired) electrons. The predicted molar refractivity (Wildman–Crippen MR) is 93.6 cm³/mol. The van der Waals surface area contributed by atoms with E-state index in [-0.39, 0.29) is 5.56 Å². The number of aromatic nitrogens is 3. The molecule has 0 aliphatic heterocycles. The van der Waals surface area contributed by atoms with Gasteiger partial charge in [0.25, 0.3) is 5.56 Å². The van der Waals surface area contributed by atoms with Crippen molar-refractivity contribution < 1.29 is 4.74 Å². The topological polar surface area (TPSA) is 67.9 Å². The molecule has 2 aromatic heterocycles. The Morgan fingerprint density at radius 2 is 1.83 bits per heavy atom. The van der Waals surface area contributed by atoms with Gasteiger partial charge in [-0.2, -0.15) is 5.10 Å². The molecule has 5 nitrogen and oxygen atoms in total. The average molecular weight is 321 g/mol. The molecule has 0 aliphatic rings. The van der Waals surface area contributed by atoms with Crippen molar-refractivity contribution in [2.45, 2.75) is 27.7 Å². The molecule has 0 unspecified atom stereocenters. The molecule has 3 rings (SSSR count). The van der Waals surface area contributed by atoms with Crippen molar-refractivity contribution in [3.05, 3.63) is 69.3 Å². The Kier molecular flexibility index (Phi) is 4.16. The number of H-pyrrole nitrogens is 1. The second-order valence-electron chi connectivity index (χ2n) is 5.89. The van der Waals surface area contributed by atoms with Gasteiger partial charge in [0.15, 0.2) is 0 Å². The molecular weight excluding hydrogens is 302 g/mol. The molecule has 2 heterocycles. The molecule has 5 heteroatoms. The molecule has 0 saturated heterocycles. The first kappa shape index (κ1) is 15.9. The zero-order chi connectivity index (χ0) is 17.3. The Balaban J connectivity index is 1.99. The largest absolute Gasteiger partial charge is 0.439 e. The zero-order valence-electron chi connectivity index (χ0n) is 14.2. The Morgan fingerprint density at radius 3 is 2.54 bits per heavy atom. The molecule has 0 bridgehead atoms. The van der Waals surface area contributed by atoms with Gasteiger partial charge < -0.3 is 4.74 Å². The van der Waals surface area contributed by atoms with E-state index in [1.54, 1.807) is 6.20 Å². The molecule has 0 fully saturated rings. The first-order valence-corrected chi connectivity index (χ1v) is 7.73. The third-order valence-corrected chi connectivity index (χ3v) is 3.98. The summed E-state index contributed by atoms with van der Waals surface area (Å²) in [5.41, 5.74) is 5.25. The van der Waals surface area contributed by atoms with Gasteiger partial charge in [-0.1, -0.05) is 6.07 Å². The lowest BCUT2D eigenvalue weighted by Gasteiger charge is -2.13. The van der Waals surface area contributed by atoms with Crippen molar-refractivity contribution in [3.8, 4) is 22.8 Å². The van der Waals surface area contributed by atoms with Crippen LogP contribution >= 0.6 is 0 Å². The van der Waals surface area contributed by atoms with Gasteiger partial charge in [-0.15, -0.1) is 0 Å². The predicted octanol–water partition coefficient (Wildman–Crippen LogP) is 3.86. The highest BCUT2D eigenvalue weighted by molar-refractivity contribution is 5.72. The van der Waals surface area contributed by atoms with Crippen molar-refractivity contribution in [1.82, 2.24) is 15.2 Å². The molecule has 0 spiro atoms. The molecule has 3 aromatic rings. The van der Waals surface area contributed by atoms with Crippen LogP contribution in [0.1, 0.15) is 22.4 Å². The van der Waals surface area contributed by atoms with E-state index in [2.05, 4.69) is 15.2 Å². The number of rotatable bonds is 3. The minimum absolute atomic E-state index is 0.167. The molecule has 1 N–H and O–H groups in total. The van der Waals surface area contributed by atoms with E-state index in [1.165, 1.54) is 0 Å². The number of aryl methyl sites for hydroxylation is 3. The van der Waals surface area contributed by atoms with Gasteiger partial charge in [0, 0.05) is 23.4 Å². The van der Waals surface area contributed by atoms with Gasteiger partial charge in [0.05, 0.1) is 5.69 Å². The lowest BCUT2D eigenvalue weighted by atomic mass is 9.96. The fraction of sp³-hybridized carbons (Fsp3) is 0.211. The summed E-state index contributed by atoms with van der Waals surface area (Å²) in [7, 11) is 0. The van der Waals surface area contributed by atoms with Crippen LogP contribution in [0, 0.1) is 27.7 Å². The Morgan fingerprint density at radius 1 is 1.04 bits per heavy atom. The van der Waals surface area contributed by atoms with Crippen LogP contribution in [0.25, 0.3) is 11.1 Å². The number of ether oxygens (including phenoxy) is 1. The molecule has 0 atom stereocenters. The summed E-state index contributed by atoms with van der Waals surface area (Å²) in [6.07, 6.45) is 1.72. The van der Waals surface area contributed by atoms with Crippen LogP contribution in [-0.4, -0.2) is 15.2 Å². The van der Waals surface area contributed by atoms with Crippen molar-refractivity contribution in [2.24, 2.45) is 0 Å². The number of hydrogen-bond donors (Lipinski definition) is 1.